The fraction of sp³-hybridized carbons (Fsp3) is 1.00. The fourth-order valence-corrected chi connectivity index (χ4v) is 3.04. The summed E-state index contributed by atoms with van der Waals surface area (Å²) in [6.07, 6.45) is 5.28. The molecule has 17 heavy (non-hydrogen) atoms. The molecule has 0 aliphatic carbocycles. The van der Waals surface area contributed by atoms with Gasteiger partial charge in [0.05, 0.1) is 0 Å². The maximum atomic E-state index is 3.65. The van der Waals surface area contributed by atoms with Crippen LogP contribution in [0, 0.1) is 5.92 Å². The molecule has 0 amide bonds. The zero-order valence-corrected chi connectivity index (χ0v) is 12.5. The Hall–Kier alpha value is -0.0800. The monoisotopic (exact) mass is 240 g/mol. The molecule has 2 atom stereocenters. The minimum atomic E-state index is 0.717. The van der Waals surface area contributed by atoms with Gasteiger partial charge in [0, 0.05) is 31.2 Å². The topological polar surface area (TPSA) is 15.3 Å². The summed E-state index contributed by atoms with van der Waals surface area (Å²) in [6.45, 7) is 14.1. The van der Waals surface area contributed by atoms with Gasteiger partial charge in [-0.3, -0.25) is 4.90 Å². The quantitative estimate of drug-likeness (QED) is 0.766. The van der Waals surface area contributed by atoms with Crippen LogP contribution in [-0.4, -0.2) is 36.1 Å². The van der Waals surface area contributed by atoms with Crippen LogP contribution in [0.2, 0.25) is 0 Å². The molecule has 2 unspecified atom stereocenters. The SMILES string of the molecule is CCC(CC)N(CC(C)C)C1CCC(C)NC1. The highest BCUT2D eigenvalue weighted by molar-refractivity contribution is 4.85. The number of rotatable bonds is 6. The van der Waals surface area contributed by atoms with Crippen molar-refractivity contribution in [2.75, 3.05) is 13.1 Å². The molecule has 102 valence electrons. The van der Waals surface area contributed by atoms with Crippen molar-refractivity contribution in [2.45, 2.75) is 78.4 Å². The van der Waals surface area contributed by atoms with Crippen molar-refractivity contribution in [3.8, 4) is 0 Å². The summed E-state index contributed by atoms with van der Waals surface area (Å²) in [7, 11) is 0. The Bertz CT molecular complexity index is 191. The number of hydrogen-bond donors (Lipinski definition) is 1. The van der Waals surface area contributed by atoms with Gasteiger partial charge in [-0.15, -0.1) is 0 Å². The minimum Gasteiger partial charge on any atom is -0.313 e. The molecule has 1 fully saturated rings. The van der Waals surface area contributed by atoms with E-state index in [0.29, 0.717) is 6.04 Å². The Labute approximate surface area is 108 Å². The molecule has 0 spiro atoms. The fourth-order valence-electron chi connectivity index (χ4n) is 3.04. The van der Waals surface area contributed by atoms with Crippen molar-refractivity contribution in [3.63, 3.8) is 0 Å². The third-order valence-electron chi connectivity index (χ3n) is 4.09. The third kappa shape index (κ3) is 4.59. The standard InChI is InChI=1S/C15H32N2/c1-6-14(7-2)17(11-12(3)4)15-9-8-13(5)16-10-15/h12-16H,6-11H2,1-5H3. The number of hydrogen-bond acceptors (Lipinski definition) is 2. The molecule has 1 aliphatic rings. The average Bonchev–Trinajstić information content (AvgIpc) is 2.30. The molecule has 1 N–H and O–H groups in total. The average molecular weight is 240 g/mol. The van der Waals surface area contributed by atoms with Crippen molar-refractivity contribution in [1.82, 2.24) is 10.2 Å². The molecule has 1 heterocycles. The van der Waals surface area contributed by atoms with Gasteiger partial charge in [-0.25, -0.2) is 0 Å². The molecule has 2 heteroatoms. The number of nitrogens with one attached hydrogen (secondary N) is 1. The van der Waals surface area contributed by atoms with Crippen molar-refractivity contribution in [2.24, 2.45) is 5.92 Å². The van der Waals surface area contributed by atoms with Crippen LogP contribution in [0.5, 0.6) is 0 Å². The lowest BCUT2D eigenvalue weighted by atomic mass is 9.96. The van der Waals surface area contributed by atoms with Gasteiger partial charge in [0.15, 0.2) is 0 Å². The van der Waals surface area contributed by atoms with Crippen molar-refractivity contribution >= 4 is 0 Å². The van der Waals surface area contributed by atoms with Gasteiger partial charge in [0.2, 0.25) is 0 Å². The molecular formula is C15H32N2. The Morgan fingerprint density at radius 1 is 1.18 bits per heavy atom. The number of piperidine rings is 1. The molecule has 0 aromatic rings. The lowest BCUT2D eigenvalue weighted by Crippen LogP contribution is -2.53. The minimum absolute atomic E-state index is 0.717. The molecule has 1 rings (SSSR count). The lowest BCUT2D eigenvalue weighted by Gasteiger charge is -2.42. The maximum Gasteiger partial charge on any atom is 0.0224 e. The van der Waals surface area contributed by atoms with Gasteiger partial charge in [0.1, 0.15) is 0 Å². The van der Waals surface area contributed by atoms with Gasteiger partial charge in [0.25, 0.3) is 0 Å². The second-order valence-electron chi connectivity index (χ2n) is 6.10. The van der Waals surface area contributed by atoms with Crippen molar-refractivity contribution < 1.29 is 0 Å². The molecule has 1 aliphatic heterocycles. The van der Waals surface area contributed by atoms with E-state index in [2.05, 4.69) is 44.8 Å². The Balaban J connectivity index is 2.61. The third-order valence-corrected chi connectivity index (χ3v) is 4.09. The van der Waals surface area contributed by atoms with Crippen LogP contribution >= 0.6 is 0 Å². The van der Waals surface area contributed by atoms with Gasteiger partial charge in [-0.05, 0) is 38.5 Å². The van der Waals surface area contributed by atoms with Crippen LogP contribution < -0.4 is 5.32 Å². The smallest absolute Gasteiger partial charge is 0.0224 e. The van der Waals surface area contributed by atoms with E-state index in [0.717, 1.165) is 18.0 Å². The van der Waals surface area contributed by atoms with E-state index >= 15 is 0 Å². The first kappa shape index (κ1) is 15.0. The van der Waals surface area contributed by atoms with Crippen LogP contribution in [0.25, 0.3) is 0 Å². The van der Waals surface area contributed by atoms with Crippen LogP contribution in [0.4, 0.5) is 0 Å². The summed E-state index contributed by atoms with van der Waals surface area (Å²) in [5, 5.41) is 3.65. The van der Waals surface area contributed by atoms with E-state index in [1.807, 2.05) is 0 Å². The zero-order chi connectivity index (χ0) is 12.8. The van der Waals surface area contributed by atoms with Crippen LogP contribution in [0.1, 0.15) is 60.3 Å². The molecule has 0 radical (unpaired) electrons. The second-order valence-corrected chi connectivity index (χ2v) is 6.10. The van der Waals surface area contributed by atoms with Crippen LogP contribution in [0.15, 0.2) is 0 Å². The molecular weight excluding hydrogens is 208 g/mol. The first-order valence-corrected chi connectivity index (χ1v) is 7.57. The van der Waals surface area contributed by atoms with E-state index in [4.69, 9.17) is 0 Å². The van der Waals surface area contributed by atoms with Crippen molar-refractivity contribution in [1.29, 1.82) is 0 Å². The highest BCUT2D eigenvalue weighted by Crippen LogP contribution is 2.21. The second kappa shape index (κ2) is 7.38. The Morgan fingerprint density at radius 2 is 1.82 bits per heavy atom. The lowest BCUT2D eigenvalue weighted by molar-refractivity contribution is 0.0854. The molecule has 0 aromatic heterocycles. The van der Waals surface area contributed by atoms with E-state index in [1.54, 1.807) is 0 Å². The maximum absolute atomic E-state index is 3.65. The normalized spacial score (nSPS) is 26.1. The predicted molar refractivity (Wildman–Crippen MR) is 76.4 cm³/mol. The Kier molecular flexibility index (Phi) is 6.50. The largest absolute Gasteiger partial charge is 0.313 e. The summed E-state index contributed by atoms with van der Waals surface area (Å²) in [4.78, 5) is 2.78. The highest BCUT2D eigenvalue weighted by Gasteiger charge is 2.27. The number of nitrogens with zero attached hydrogens (tertiary/aromatic N) is 1. The first-order chi connectivity index (χ1) is 8.08. The van der Waals surface area contributed by atoms with Gasteiger partial charge >= 0.3 is 0 Å². The highest BCUT2D eigenvalue weighted by atomic mass is 15.2. The molecule has 0 saturated carbocycles. The summed E-state index contributed by atoms with van der Waals surface area (Å²) < 4.78 is 0. The molecule has 1 saturated heterocycles. The predicted octanol–water partition coefficient (Wildman–Crippen LogP) is 3.27. The summed E-state index contributed by atoms with van der Waals surface area (Å²) >= 11 is 0. The van der Waals surface area contributed by atoms with E-state index in [-0.39, 0.29) is 0 Å². The van der Waals surface area contributed by atoms with Gasteiger partial charge in [-0.1, -0.05) is 27.7 Å². The van der Waals surface area contributed by atoms with Crippen molar-refractivity contribution in [3.05, 3.63) is 0 Å². The summed E-state index contributed by atoms with van der Waals surface area (Å²) in [6, 6.07) is 2.25. The summed E-state index contributed by atoms with van der Waals surface area (Å²) in [5.41, 5.74) is 0. The van der Waals surface area contributed by atoms with E-state index in [9.17, 15) is 0 Å². The molecule has 0 bridgehead atoms. The van der Waals surface area contributed by atoms with Crippen LogP contribution in [-0.2, 0) is 0 Å². The summed E-state index contributed by atoms with van der Waals surface area (Å²) in [5.74, 6) is 0.773. The molecule has 0 aromatic carbocycles. The van der Waals surface area contributed by atoms with Crippen LogP contribution in [0.3, 0.4) is 0 Å². The molecule has 2 nitrogen and oxygen atoms in total. The van der Waals surface area contributed by atoms with E-state index < -0.39 is 0 Å². The van der Waals surface area contributed by atoms with Gasteiger partial charge in [-0.2, -0.15) is 0 Å². The first-order valence-electron chi connectivity index (χ1n) is 7.57. The Morgan fingerprint density at radius 3 is 2.24 bits per heavy atom. The van der Waals surface area contributed by atoms with Gasteiger partial charge < -0.3 is 5.32 Å². The van der Waals surface area contributed by atoms with E-state index in [1.165, 1.54) is 38.8 Å². The zero-order valence-electron chi connectivity index (χ0n) is 12.5.